The number of rotatable bonds is 3. The average Bonchev–Trinajstić information content (AvgIpc) is 3.10. The number of benzene rings is 1. The molecule has 1 saturated heterocycles. The Morgan fingerprint density at radius 1 is 1.29 bits per heavy atom. The van der Waals surface area contributed by atoms with E-state index in [-0.39, 0.29) is 16.5 Å². The van der Waals surface area contributed by atoms with Gasteiger partial charge in [-0.1, -0.05) is 12.8 Å². The van der Waals surface area contributed by atoms with E-state index in [1.165, 1.54) is 17.0 Å². The molecule has 0 unspecified atom stereocenters. The normalized spacial score (nSPS) is 22.8. The SMILES string of the molecule is C[C@@H]1COCCN1C(=O)c1cc(S(=O)(=O)C2CCCC2)ccc1F. The monoisotopic (exact) mass is 355 g/mol. The van der Waals surface area contributed by atoms with E-state index in [1.807, 2.05) is 6.92 Å². The standard InChI is InChI=1S/C17H22FNO4S/c1-12-11-23-9-8-19(12)17(20)15-10-14(6-7-16(15)18)24(21,22)13-4-2-3-5-13/h6-7,10,12-13H,2-5,8-9,11H2,1H3/t12-/m1/s1. The smallest absolute Gasteiger partial charge is 0.257 e. The molecule has 2 fully saturated rings. The zero-order valence-corrected chi connectivity index (χ0v) is 14.5. The van der Waals surface area contributed by atoms with E-state index in [0.717, 1.165) is 18.9 Å². The Kier molecular flexibility index (Phi) is 4.92. The molecule has 0 radical (unpaired) electrons. The van der Waals surface area contributed by atoms with Crippen molar-refractivity contribution in [3.63, 3.8) is 0 Å². The lowest BCUT2D eigenvalue weighted by Gasteiger charge is -2.33. The summed E-state index contributed by atoms with van der Waals surface area (Å²) in [6.07, 6.45) is 3.04. The van der Waals surface area contributed by atoms with Crippen molar-refractivity contribution in [2.45, 2.75) is 48.8 Å². The van der Waals surface area contributed by atoms with Gasteiger partial charge in [0.2, 0.25) is 0 Å². The van der Waals surface area contributed by atoms with Crippen LogP contribution in [-0.2, 0) is 14.6 Å². The molecule has 1 aliphatic heterocycles. The summed E-state index contributed by atoms with van der Waals surface area (Å²) in [4.78, 5) is 14.2. The van der Waals surface area contributed by atoms with E-state index in [9.17, 15) is 17.6 Å². The van der Waals surface area contributed by atoms with Gasteiger partial charge in [0, 0.05) is 6.54 Å². The van der Waals surface area contributed by atoms with E-state index < -0.39 is 26.8 Å². The molecule has 0 spiro atoms. The number of ether oxygens (including phenoxy) is 1. The zero-order valence-electron chi connectivity index (χ0n) is 13.7. The highest BCUT2D eigenvalue weighted by atomic mass is 32.2. The maximum absolute atomic E-state index is 14.2. The van der Waals surface area contributed by atoms with Gasteiger partial charge < -0.3 is 9.64 Å². The molecule has 1 atom stereocenters. The lowest BCUT2D eigenvalue weighted by atomic mass is 10.1. The summed E-state index contributed by atoms with van der Waals surface area (Å²) in [6.45, 7) is 3.00. The topological polar surface area (TPSA) is 63.7 Å². The lowest BCUT2D eigenvalue weighted by molar-refractivity contribution is 0.00333. The summed E-state index contributed by atoms with van der Waals surface area (Å²) in [5.74, 6) is -1.17. The molecule has 24 heavy (non-hydrogen) atoms. The van der Waals surface area contributed by atoms with Gasteiger partial charge in [-0.3, -0.25) is 4.79 Å². The van der Waals surface area contributed by atoms with Crippen LogP contribution in [0.25, 0.3) is 0 Å². The Hall–Kier alpha value is -1.47. The van der Waals surface area contributed by atoms with E-state index in [2.05, 4.69) is 0 Å². The van der Waals surface area contributed by atoms with E-state index in [0.29, 0.717) is 32.6 Å². The fourth-order valence-corrected chi connectivity index (χ4v) is 5.30. The molecule has 7 heteroatoms. The number of halogens is 1. The molecule has 1 saturated carbocycles. The summed E-state index contributed by atoms with van der Waals surface area (Å²) in [7, 11) is -3.52. The highest BCUT2D eigenvalue weighted by Crippen LogP contribution is 2.30. The van der Waals surface area contributed by atoms with Gasteiger partial charge in [0.1, 0.15) is 5.82 Å². The minimum Gasteiger partial charge on any atom is -0.377 e. The Morgan fingerprint density at radius 3 is 2.67 bits per heavy atom. The third-order valence-electron chi connectivity index (χ3n) is 4.87. The van der Waals surface area contributed by atoms with Crippen LogP contribution in [0.15, 0.2) is 23.1 Å². The molecule has 1 aliphatic carbocycles. The number of amides is 1. The number of carbonyl (C=O) groups excluding carboxylic acids is 1. The van der Waals surface area contributed by atoms with Gasteiger partial charge >= 0.3 is 0 Å². The second-order valence-corrected chi connectivity index (χ2v) is 8.74. The number of morpholine rings is 1. The Bertz CT molecular complexity index is 728. The van der Waals surface area contributed by atoms with Crippen molar-refractivity contribution >= 4 is 15.7 Å². The van der Waals surface area contributed by atoms with Gasteiger partial charge in [0.15, 0.2) is 9.84 Å². The van der Waals surface area contributed by atoms with Crippen molar-refractivity contribution in [3.05, 3.63) is 29.6 Å². The van der Waals surface area contributed by atoms with Gasteiger partial charge in [-0.05, 0) is 38.0 Å². The van der Waals surface area contributed by atoms with E-state index in [4.69, 9.17) is 4.74 Å². The Balaban J connectivity index is 1.93. The summed E-state index contributed by atoms with van der Waals surface area (Å²) in [5.41, 5.74) is -0.178. The van der Waals surface area contributed by atoms with Crippen LogP contribution in [-0.4, -0.2) is 50.3 Å². The molecule has 1 heterocycles. The van der Waals surface area contributed by atoms with Crippen LogP contribution in [0.2, 0.25) is 0 Å². The molecule has 0 bridgehead atoms. The second-order valence-electron chi connectivity index (χ2n) is 6.52. The first-order valence-electron chi connectivity index (χ1n) is 8.33. The number of hydrogen-bond donors (Lipinski definition) is 0. The van der Waals surface area contributed by atoms with Gasteiger partial charge in [0.25, 0.3) is 5.91 Å². The molecule has 3 rings (SSSR count). The van der Waals surface area contributed by atoms with E-state index >= 15 is 0 Å². The molecular formula is C17H22FNO4S. The maximum Gasteiger partial charge on any atom is 0.257 e. The quantitative estimate of drug-likeness (QED) is 0.781. The lowest BCUT2D eigenvalue weighted by Crippen LogP contribution is -2.47. The largest absolute Gasteiger partial charge is 0.377 e. The van der Waals surface area contributed by atoms with Crippen molar-refractivity contribution in [3.8, 4) is 0 Å². The molecular weight excluding hydrogens is 333 g/mol. The minimum atomic E-state index is -3.52. The first-order chi connectivity index (χ1) is 11.4. The number of sulfone groups is 1. The van der Waals surface area contributed by atoms with Crippen LogP contribution in [0.1, 0.15) is 43.0 Å². The van der Waals surface area contributed by atoms with Crippen LogP contribution < -0.4 is 0 Å². The zero-order chi connectivity index (χ0) is 17.3. The summed E-state index contributed by atoms with van der Waals surface area (Å²) in [5, 5.41) is -0.423. The molecule has 1 amide bonds. The molecule has 0 N–H and O–H groups in total. The van der Waals surface area contributed by atoms with Gasteiger partial charge in [-0.25, -0.2) is 12.8 Å². The van der Waals surface area contributed by atoms with Gasteiger partial charge in [-0.15, -0.1) is 0 Å². The Morgan fingerprint density at radius 2 is 2.00 bits per heavy atom. The van der Waals surface area contributed by atoms with Crippen LogP contribution in [0, 0.1) is 5.82 Å². The molecule has 2 aliphatic rings. The molecule has 0 aromatic heterocycles. The van der Waals surface area contributed by atoms with Crippen LogP contribution in [0.5, 0.6) is 0 Å². The van der Waals surface area contributed by atoms with Crippen LogP contribution in [0.3, 0.4) is 0 Å². The van der Waals surface area contributed by atoms with Crippen molar-refractivity contribution in [2.24, 2.45) is 0 Å². The second kappa shape index (κ2) is 6.80. The fourth-order valence-electron chi connectivity index (χ4n) is 3.42. The first-order valence-corrected chi connectivity index (χ1v) is 9.88. The average molecular weight is 355 g/mol. The van der Waals surface area contributed by atoms with Crippen molar-refractivity contribution < 1.29 is 22.3 Å². The predicted octanol–water partition coefficient (Wildman–Crippen LogP) is 2.40. The summed E-state index contributed by atoms with van der Waals surface area (Å²) in [6, 6.07) is 3.39. The Labute approximate surface area is 141 Å². The van der Waals surface area contributed by atoms with E-state index in [1.54, 1.807) is 0 Å². The highest BCUT2D eigenvalue weighted by molar-refractivity contribution is 7.92. The van der Waals surface area contributed by atoms with Crippen molar-refractivity contribution in [1.82, 2.24) is 4.90 Å². The molecule has 132 valence electrons. The summed E-state index contributed by atoms with van der Waals surface area (Å²) >= 11 is 0. The third-order valence-corrected chi connectivity index (χ3v) is 7.13. The minimum absolute atomic E-state index is 0.0417. The molecule has 1 aromatic rings. The molecule has 1 aromatic carbocycles. The number of carbonyl (C=O) groups is 1. The fraction of sp³-hybridized carbons (Fsp3) is 0.588. The van der Waals surface area contributed by atoms with Gasteiger partial charge in [0.05, 0.1) is 35.0 Å². The number of hydrogen-bond acceptors (Lipinski definition) is 4. The van der Waals surface area contributed by atoms with Crippen LogP contribution >= 0.6 is 0 Å². The number of nitrogens with zero attached hydrogens (tertiary/aromatic N) is 1. The van der Waals surface area contributed by atoms with Crippen LogP contribution in [0.4, 0.5) is 4.39 Å². The first kappa shape index (κ1) is 17.4. The van der Waals surface area contributed by atoms with Crippen molar-refractivity contribution in [1.29, 1.82) is 0 Å². The van der Waals surface area contributed by atoms with Crippen molar-refractivity contribution in [2.75, 3.05) is 19.8 Å². The predicted molar refractivity (Wildman–Crippen MR) is 87.2 cm³/mol. The maximum atomic E-state index is 14.2. The third kappa shape index (κ3) is 3.19. The molecule has 5 nitrogen and oxygen atoms in total. The van der Waals surface area contributed by atoms with Gasteiger partial charge in [-0.2, -0.15) is 0 Å². The highest BCUT2D eigenvalue weighted by Gasteiger charge is 2.32. The summed E-state index contributed by atoms with van der Waals surface area (Å²) < 4.78 is 44.9.